The van der Waals surface area contributed by atoms with Crippen LogP contribution in [-0.4, -0.2) is 67.4 Å². The van der Waals surface area contributed by atoms with E-state index in [1.54, 1.807) is 24.3 Å². The molecule has 0 amide bonds. The zero-order valence-corrected chi connectivity index (χ0v) is 22.3. The van der Waals surface area contributed by atoms with E-state index in [9.17, 15) is 16.8 Å². The Morgan fingerprint density at radius 1 is 0.667 bits per heavy atom. The lowest BCUT2D eigenvalue weighted by molar-refractivity contribution is 0.605. The molecule has 36 heavy (non-hydrogen) atoms. The number of rotatable bonds is 6. The van der Waals surface area contributed by atoms with Crippen LogP contribution in [0.25, 0.3) is 0 Å². The largest absolute Gasteiger partial charge is 0.354 e. The summed E-state index contributed by atoms with van der Waals surface area (Å²) in [5, 5.41) is 12.5. The number of sulfonamides is 2. The first kappa shape index (κ1) is 27.1. The van der Waals surface area contributed by atoms with E-state index in [1.165, 1.54) is 0 Å². The summed E-state index contributed by atoms with van der Waals surface area (Å²) in [5.74, 6) is 1.43. The van der Waals surface area contributed by atoms with Crippen LogP contribution in [0.15, 0.2) is 46.4 Å². The Hall–Kier alpha value is -3.52. The molecule has 0 unspecified atom stereocenters. The molecule has 196 valence electrons. The van der Waals surface area contributed by atoms with Crippen molar-refractivity contribution in [1.82, 2.24) is 10.6 Å². The number of anilines is 4. The van der Waals surface area contributed by atoms with Crippen molar-refractivity contribution in [2.75, 3.05) is 58.8 Å². The molecule has 2 aliphatic heterocycles. The van der Waals surface area contributed by atoms with Crippen molar-refractivity contribution < 1.29 is 16.8 Å². The number of hydrogen-bond donors (Lipinski definition) is 6. The third kappa shape index (κ3) is 8.30. The molecule has 0 spiro atoms. The lowest BCUT2D eigenvalue weighted by Gasteiger charge is -2.13. The van der Waals surface area contributed by atoms with Crippen molar-refractivity contribution in [3.63, 3.8) is 0 Å². The maximum atomic E-state index is 11.2. The van der Waals surface area contributed by atoms with Crippen molar-refractivity contribution in [2.45, 2.75) is 13.8 Å². The van der Waals surface area contributed by atoms with Crippen LogP contribution in [0.1, 0.15) is 11.1 Å². The Morgan fingerprint density at radius 3 is 1.33 bits per heavy atom. The topological polar surface area (TPSA) is 165 Å². The predicted octanol–water partition coefficient (Wildman–Crippen LogP) is 1.48. The number of aliphatic imine (C=N–C) groups is 2. The van der Waals surface area contributed by atoms with Gasteiger partial charge in [0.05, 0.1) is 37.0 Å². The summed E-state index contributed by atoms with van der Waals surface area (Å²) < 4.78 is 49.9. The molecule has 0 aromatic heterocycles. The molecule has 6 N–H and O–H groups in total. The average Bonchev–Trinajstić information content (AvgIpc) is 3.47. The summed E-state index contributed by atoms with van der Waals surface area (Å²) in [5.41, 5.74) is 4.47. The standard InChI is InChI=1S/2C11H16N4O2S/c2*1-8-9(14-11-12-6-7-13-11)4-3-5-10(8)15-18(2,16)17/h2*3-5,15H,6-7H2,1-2H3,(H2,12,13,14). The predicted molar refractivity (Wildman–Crippen MR) is 147 cm³/mol. The van der Waals surface area contributed by atoms with Gasteiger partial charge in [-0.3, -0.25) is 19.4 Å². The van der Waals surface area contributed by atoms with Gasteiger partial charge in [-0.15, -0.1) is 0 Å². The van der Waals surface area contributed by atoms with Crippen LogP contribution in [0.4, 0.5) is 22.7 Å². The Kier molecular flexibility index (Phi) is 8.63. The summed E-state index contributed by atoms with van der Waals surface area (Å²) in [6.45, 7) is 6.85. The molecule has 0 radical (unpaired) electrons. The Labute approximate surface area is 212 Å². The van der Waals surface area contributed by atoms with E-state index in [0.29, 0.717) is 11.4 Å². The molecule has 0 atom stereocenters. The van der Waals surface area contributed by atoms with E-state index < -0.39 is 20.0 Å². The van der Waals surface area contributed by atoms with Crippen molar-refractivity contribution >= 4 is 54.7 Å². The van der Waals surface area contributed by atoms with Crippen molar-refractivity contribution in [1.29, 1.82) is 0 Å². The van der Waals surface area contributed by atoms with E-state index in [-0.39, 0.29) is 0 Å². The van der Waals surface area contributed by atoms with Gasteiger partial charge in [0, 0.05) is 24.5 Å². The van der Waals surface area contributed by atoms with Gasteiger partial charge in [-0.05, 0) is 49.2 Å². The summed E-state index contributed by atoms with van der Waals surface area (Å²) in [6.07, 6.45) is 2.27. The first-order valence-corrected chi connectivity index (χ1v) is 14.9. The fourth-order valence-electron chi connectivity index (χ4n) is 3.38. The van der Waals surface area contributed by atoms with Crippen LogP contribution in [0.3, 0.4) is 0 Å². The maximum absolute atomic E-state index is 11.2. The van der Waals surface area contributed by atoms with Crippen LogP contribution in [0.2, 0.25) is 0 Å². The van der Waals surface area contributed by atoms with E-state index in [0.717, 1.165) is 73.1 Å². The molecule has 0 aliphatic carbocycles. The fourth-order valence-corrected chi connectivity index (χ4v) is 4.62. The Balaban J connectivity index is 0.000000201. The molecule has 2 aromatic rings. The van der Waals surface area contributed by atoms with Crippen LogP contribution in [-0.2, 0) is 20.0 Å². The van der Waals surface area contributed by atoms with Gasteiger partial charge in [0.15, 0.2) is 11.9 Å². The number of nitrogens with one attached hydrogen (secondary N) is 6. The van der Waals surface area contributed by atoms with E-state index in [2.05, 4.69) is 40.7 Å². The van der Waals surface area contributed by atoms with Gasteiger partial charge in [0.2, 0.25) is 20.0 Å². The summed E-state index contributed by atoms with van der Waals surface area (Å²) in [7, 11) is -6.53. The number of guanidine groups is 2. The van der Waals surface area contributed by atoms with Gasteiger partial charge in [-0.2, -0.15) is 0 Å². The van der Waals surface area contributed by atoms with Gasteiger partial charge in [0.1, 0.15) is 0 Å². The second-order valence-electron chi connectivity index (χ2n) is 8.27. The molecule has 0 fully saturated rings. The molecule has 0 saturated heterocycles. The van der Waals surface area contributed by atoms with E-state index in [4.69, 9.17) is 0 Å². The van der Waals surface area contributed by atoms with Crippen LogP contribution < -0.4 is 30.7 Å². The zero-order valence-electron chi connectivity index (χ0n) is 20.6. The Morgan fingerprint density at radius 2 is 1.03 bits per heavy atom. The molecule has 4 rings (SSSR count). The normalized spacial score (nSPS) is 14.9. The first-order valence-electron chi connectivity index (χ1n) is 11.2. The van der Waals surface area contributed by atoms with Crippen molar-refractivity contribution in [2.24, 2.45) is 9.98 Å². The quantitative estimate of drug-likeness (QED) is 0.323. The zero-order chi connectivity index (χ0) is 26.3. The molecular formula is C22H32N8O4S2. The molecule has 0 bridgehead atoms. The molecule has 0 saturated carbocycles. The molecule has 2 aliphatic rings. The second kappa shape index (κ2) is 11.5. The number of benzene rings is 2. The van der Waals surface area contributed by atoms with Crippen molar-refractivity contribution in [3.05, 3.63) is 47.5 Å². The summed E-state index contributed by atoms with van der Waals surface area (Å²) >= 11 is 0. The van der Waals surface area contributed by atoms with E-state index in [1.807, 2.05) is 26.0 Å². The number of hydrogen-bond acceptors (Lipinski definition) is 10. The Bertz CT molecular complexity index is 1270. The lowest BCUT2D eigenvalue weighted by Crippen LogP contribution is -2.26. The van der Waals surface area contributed by atoms with Gasteiger partial charge in [-0.1, -0.05) is 12.1 Å². The minimum atomic E-state index is -3.27. The molecule has 2 heterocycles. The number of nitrogens with zero attached hydrogens (tertiary/aromatic N) is 2. The highest BCUT2D eigenvalue weighted by atomic mass is 32.2. The smallest absolute Gasteiger partial charge is 0.229 e. The summed E-state index contributed by atoms with van der Waals surface area (Å²) in [4.78, 5) is 8.46. The SMILES string of the molecule is Cc1c(NC2=NCCN2)cccc1NS(C)(=O)=O.Cc1c(NC2=NCCN2)cccc1NS(C)(=O)=O. The average molecular weight is 537 g/mol. The van der Waals surface area contributed by atoms with Crippen LogP contribution in [0.5, 0.6) is 0 Å². The van der Waals surface area contributed by atoms with Crippen LogP contribution >= 0.6 is 0 Å². The molecule has 14 heteroatoms. The highest BCUT2D eigenvalue weighted by Crippen LogP contribution is 2.25. The second-order valence-corrected chi connectivity index (χ2v) is 11.8. The van der Waals surface area contributed by atoms with E-state index >= 15 is 0 Å². The minimum absolute atomic E-state index is 0.570. The molecule has 2 aromatic carbocycles. The molecule has 12 nitrogen and oxygen atoms in total. The van der Waals surface area contributed by atoms with Gasteiger partial charge < -0.3 is 21.3 Å². The maximum Gasteiger partial charge on any atom is 0.229 e. The third-order valence-corrected chi connectivity index (χ3v) is 6.29. The summed E-state index contributed by atoms with van der Waals surface area (Å²) in [6, 6.07) is 10.8. The van der Waals surface area contributed by atoms with Gasteiger partial charge in [0.25, 0.3) is 0 Å². The molecular weight excluding hydrogens is 504 g/mol. The van der Waals surface area contributed by atoms with Crippen molar-refractivity contribution in [3.8, 4) is 0 Å². The highest BCUT2D eigenvalue weighted by molar-refractivity contribution is 7.92. The third-order valence-electron chi connectivity index (χ3n) is 5.11. The monoisotopic (exact) mass is 536 g/mol. The van der Waals surface area contributed by atoms with Crippen LogP contribution in [0, 0.1) is 13.8 Å². The lowest BCUT2D eigenvalue weighted by atomic mass is 10.1. The first-order chi connectivity index (χ1) is 16.9. The highest BCUT2D eigenvalue weighted by Gasteiger charge is 2.12. The van der Waals surface area contributed by atoms with Gasteiger partial charge in [-0.25, -0.2) is 16.8 Å². The fraction of sp³-hybridized carbons (Fsp3) is 0.364. The minimum Gasteiger partial charge on any atom is -0.354 e. The van der Waals surface area contributed by atoms with Gasteiger partial charge >= 0.3 is 0 Å².